The lowest BCUT2D eigenvalue weighted by atomic mass is 10.0. The fourth-order valence-corrected chi connectivity index (χ4v) is 2.98. The van der Waals surface area contributed by atoms with E-state index < -0.39 is 5.72 Å². The number of rotatable bonds is 1. The first-order valence-electron chi connectivity index (χ1n) is 6.55. The van der Waals surface area contributed by atoms with Gasteiger partial charge in [0.2, 0.25) is 0 Å². The number of benzene rings is 2. The molecule has 1 aliphatic heterocycles. The minimum absolute atomic E-state index is 0.179. The van der Waals surface area contributed by atoms with Crippen LogP contribution in [0.1, 0.15) is 5.56 Å². The van der Waals surface area contributed by atoms with Crippen LogP contribution in [0.4, 0.5) is 5.69 Å². The summed E-state index contributed by atoms with van der Waals surface area (Å²) in [7, 11) is 0. The molecule has 0 saturated carbocycles. The highest BCUT2D eigenvalue weighted by molar-refractivity contribution is 5.87. The maximum absolute atomic E-state index is 11.1. The summed E-state index contributed by atoms with van der Waals surface area (Å²) in [6.07, 6.45) is 1.59. The topological polar surface area (TPSA) is 57.4 Å². The van der Waals surface area contributed by atoms with Gasteiger partial charge in [-0.1, -0.05) is 30.3 Å². The summed E-state index contributed by atoms with van der Waals surface area (Å²) in [5.41, 5.74) is 1.37. The van der Waals surface area contributed by atoms with E-state index in [0.717, 1.165) is 22.2 Å². The molecule has 0 fully saturated rings. The summed E-state index contributed by atoms with van der Waals surface area (Å²) in [4.78, 5) is 0. The summed E-state index contributed by atoms with van der Waals surface area (Å²) in [5.74, 6) is 0.179. The number of aliphatic hydroxyl groups is 1. The number of nitrogens with zero attached hydrogens (tertiary/aromatic N) is 1. The molecular formula is C16H14N2O2. The molecule has 4 nitrogen and oxygen atoms in total. The van der Waals surface area contributed by atoms with E-state index >= 15 is 0 Å². The second kappa shape index (κ2) is 3.77. The van der Waals surface area contributed by atoms with Gasteiger partial charge in [-0.25, -0.2) is 0 Å². The zero-order chi connectivity index (χ0) is 13.7. The number of anilines is 1. The Hall–Kier alpha value is -2.46. The Morgan fingerprint density at radius 3 is 2.70 bits per heavy atom. The molecule has 2 heterocycles. The van der Waals surface area contributed by atoms with Crippen molar-refractivity contribution < 1.29 is 10.2 Å². The molecule has 4 heteroatoms. The van der Waals surface area contributed by atoms with Crippen LogP contribution < -0.4 is 5.32 Å². The van der Waals surface area contributed by atoms with Gasteiger partial charge in [-0.2, -0.15) is 0 Å². The molecule has 0 bridgehead atoms. The molecule has 0 amide bonds. The molecule has 100 valence electrons. The van der Waals surface area contributed by atoms with Crippen LogP contribution in [0.15, 0.2) is 54.7 Å². The van der Waals surface area contributed by atoms with Gasteiger partial charge in [0.25, 0.3) is 0 Å². The Balaban J connectivity index is 2.01. The van der Waals surface area contributed by atoms with Crippen molar-refractivity contribution in [2.45, 2.75) is 5.72 Å². The van der Waals surface area contributed by atoms with Gasteiger partial charge in [0, 0.05) is 22.8 Å². The summed E-state index contributed by atoms with van der Waals surface area (Å²) >= 11 is 0. The highest BCUT2D eigenvalue weighted by Gasteiger charge is 2.39. The normalized spacial score (nSPS) is 20.9. The zero-order valence-corrected chi connectivity index (χ0v) is 10.7. The lowest BCUT2D eigenvalue weighted by Crippen LogP contribution is -2.36. The molecule has 3 N–H and O–H groups in total. The predicted octanol–water partition coefficient (Wildman–Crippen LogP) is 2.47. The monoisotopic (exact) mass is 266 g/mol. The summed E-state index contributed by atoms with van der Waals surface area (Å²) in [6.45, 7) is 0.379. The van der Waals surface area contributed by atoms with Gasteiger partial charge in [0.1, 0.15) is 5.75 Å². The van der Waals surface area contributed by atoms with Crippen LogP contribution in [-0.2, 0) is 5.72 Å². The van der Waals surface area contributed by atoms with Gasteiger partial charge in [-0.3, -0.25) is 0 Å². The van der Waals surface area contributed by atoms with Crippen molar-refractivity contribution in [1.29, 1.82) is 0 Å². The van der Waals surface area contributed by atoms with Crippen molar-refractivity contribution in [1.82, 2.24) is 4.57 Å². The molecule has 20 heavy (non-hydrogen) atoms. The SMILES string of the molecule is Oc1cn(C2(O)CNc3ccccc32)c2ccccc12. The molecule has 1 aliphatic rings. The highest BCUT2D eigenvalue weighted by Crippen LogP contribution is 2.40. The highest BCUT2D eigenvalue weighted by atomic mass is 16.3. The number of hydrogen-bond acceptors (Lipinski definition) is 3. The summed E-state index contributed by atoms with van der Waals surface area (Å²) < 4.78 is 1.73. The van der Waals surface area contributed by atoms with Crippen molar-refractivity contribution in [2.24, 2.45) is 0 Å². The van der Waals surface area contributed by atoms with Crippen molar-refractivity contribution in [3.8, 4) is 5.75 Å². The summed E-state index contributed by atoms with van der Waals surface area (Å²) in [5, 5.41) is 25.1. The van der Waals surface area contributed by atoms with Gasteiger partial charge < -0.3 is 20.1 Å². The summed E-state index contributed by atoms with van der Waals surface area (Å²) in [6, 6.07) is 15.2. The maximum Gasteiger partial charge on any atom is 0.188 e. The van der Waals surface area contributed by atoms with Crippen LogP contribution in [0.2, 0.25) is 0 Å². The third kappa shape index (κ3) is 1.34. The number of para-hydroxylation sites is 2. The van der Waals surface area contributed by atoms with E-state index in [2.05, 4.69) is 5.32 Å². The molecule has 1 atom stereocenters. The van der Waals surface area contributed by atoms with E-state index in [1.165, 1.54) is 0 Å². The van der Waals surface area contributed by atoms with Crippen molar-refractivity contribution in [3.05, 3.63) is 60.3 Å². The number of aromatic hydroxyl groups is 1. The number of hydrogen-bond donors (Lipinski definition) is 3. The first kappa shape index (κ1) is 11.4. The first-order valence-corrected chi connectivity index (χ1v) is 6.55. The second-order valence-corrected chi connectivity index (χ2v) is 5.12. The van der Waals surface area contributed by atoms with Crippen molar-refractivity contribution in [2.75, 3.05) is 11.9 Å². The molecule has 2 aromatic carbocycles. The van der Waals surface area contributed by atoms with E-state index in [1.54, 1.807) is 10.8 Å². The van der Waals surface area contributed by atoms with E-state index in [0.29, 0.717) is 6.54 Å². The van der Waals surface area contributed by atoms with Gasteiger partial charge >= 0.3 is 0 Å². The Bertz CT molecular complexity index is 809. The Kier molecular flexibility index (Phi) is 2.15. The Labute approximate surface area is 115 Å². The van der Waals surface area contributed by atoms with E-state index in [-0.39, 0.29) is 5.75 Å². The first-order chi connectivity index (χ1) is 9.70. The fraction of sp³-hybridized carbons (Fsp3) is 0.125. The average Bonchev–Trinajstić information content (AvgIpc) is 3.00. The van der Waals surface area contributed by atoms with Crippen molar-refractivity contribution >= 4 is 16.6 Å². The number of nitrogens with one attached hydrogen (secondary N) is 1. The van der Waals surface area contributed by atoms with E-state index in [4.69, 9.17) is 0 Å². The fourth-order valence-electron chi connectivity index (χ4n) is 2.98. The molecule has 0 radical (unpaired) electrons. The van der Waals surface area contributed by atoms with Crippen LogP contribution >= 0.6 is 0 Å². The molecule has 0 aliphatic carbocycles. The zero-order valence-electron chi connectivity index (χ0n) is 10.7. The number of β-amino-alcohol motifs (C(OH)–C–C–N with tert-alkyl or cyclic N) is 1. The van der Waals surface area contributed by atoms with Crippen LogP contribution in [0.3, 0.4) is 0 Å². The van der Waals surface area contributed by atoms with Crippen LogP contribution in [0, 0.1) is 0 Å². The quantitative estimate of drug-likeness (QED) is 0.634. The number of aromatic nitrogens is 1. The van der Waals surface area contributed by atoms with Crippen LogP contribution in [-0.4, -0.2) is 21.3 Å². The minimum atomic E-state index is -1.18. The molecule has 0 spiro atoms. The number of fused-ring (bicyclic) bond motifs is 2. The minimum Gasteiger partial charge on any atom is -0.506 e. The smallest absolute Gasteiger partial charge is 0.188 e. The lowest BCUT2D eigenvalue weighted by molar-refractivity contribution is 0.0305. The van der Waals surface area contributed by atoms with Gasteiger partial charge in [-0.05, 0) is 18.2 Å². The molecular weight excluding hydrogens is 252 g/mol. The standard InChI is InChI=1S/C16H14N2O2/c19-15-9-18(14-8-4-1-5-11(14)15)16(20)10-17-13-7-3-2-6-12(13)16/h1-9,17,19-20H,10H2. The second-order valence-electron chi connectivity index (χ2n) is 5.12. The van der Waals surface area contributed by atoms with E-state index in [9.17, 15) is 10.2 Å². The third-order valence-corrected chi connectivity index (χ3v) is 3.97. The molecule has 3 aromatic rings. The van der Waals surface area contributed by atoms with Gasteiger partial charge in [0.15, 0.2) is 5.72 Å². The molecule has 1 aromatic heterocycles. The molecule has 1 unspecified atom stereocenters. The average molecular weight is 266 g/mol. The largest absolute Gasteiger partial charge is 0.506 e. The van der Waals surface area contributed by atoms with Crippen LogP contribution in [0.5, 0.6) is 5.75 Å². The third-order valence-electron chi connectivity index (χ3n) is 3.97. The van der Waals surface area contributed by atoms with Gasteiger partial charge in [-0.15, -0.1) is 0 Å². The maximum atomic E-state index is 11.1. The van der Waals surface area contributed by atoms with Crippen molar-refractivity contribution in [3.63, 3.8) is 0 Å². The Morgan fingerprint density at radius 1 is 1.05 bits per heavy atom. The van der Waals surface area contributed by atoms with E-state index in [1.807, 2.05) is 48.5 Å². The molecule has 4 rings (SSSR count). The lowest BCUT2D eigenvalue weighted by Gasteiger charge is -2.25. The predicted molar refractivity (Wildman–Crippen MR) is 77.8 cm³/mol. The Morgan fingerprint density at radius 2 is 1.80 bits per heavy atom. The molecule has 0 saturated heterocycles. The van der Waals surface area contributed by atoms with Crippen LogP contribution in [0.25, 0.3) is 10.9 Å². The van der Waals surface area contributed by atoms with Gasteiger partial charge in [0.05, 0.1) is 12.1 Å².